The highest BCUT2D eigenvalue weighted by atomic mass is 16.2. The summed E-state index contributed by atoms with van der Waals surface area (Å²) in [6.07, 6.45) is 3.25. The van der Waals surface area contributed by atoms with Crippen molar-refractivity contribution < 1.29 is 4.79 Å². The molecule has 0 aromatic carbocycles. The van der Waals surface area contributed by atoms with Gasteiger partial charge in [-0.05, 0) is 18.8 Å². The van der Waals surface area contributed by atoms with Crippen molar-refractivity contribution in [3.63, 3.8) is 0 Å². The molecule has 3 heteroatoms. The summed E-state index contributed by atoms with van der Waals surface area (Å²) in [7, 11) is 0. The molecule has 2 atom stereocenters. The van der Waals surface area contributed by atoms with E-state index >= 15 is 0 Å². The molecule has 0 aromatic rings. The van der Waals surface area contributed by atoms with Crippen LogP contribution in [-0.4, -0.2) is 29.9 Å². The molecule has 1 aliphatic rings. The molecular weight excluding hydrogens is 164 g/mol. The van der Waals surface area contributed by atoms with E-state index in [9.17, 15) is 4.79 Å². The largest absolute Gasteiger partial charge is 0.341 e. The van der Waals surface area contributed by atoms with Crippen molar-refractivity contribution in [2.24, 2.45) is 11.7 Å². The first kappa shape index (κ1) is 10.5. The van der Waals surface area contributed by atoms with Crippen molar-refractivity contribution in [3.05, 3.63) is 0 Å². The van der Waals surface area contributed by atoms with Crippen molar-refractivity contribution in [1.82, 2.24) is 4.90 Å². The number of hydrogen-bond acceptors (Lipinski definition) is 2. The lowest BCUT2D eigenvalue weighted by Gasteiger charge is -2.23. The third kappa shape index (κ3) is 2.44. The molecule has 1 saturated heterocycles. The lowest BCUT2D eigenvalue weighted by Crippen LogP contribution is -2.45. The van der Waals surface area contributed by atoms with E-state index in [1.54, 1.807) is 0 Å². The molecular formula is C10H20N2O. The SMILES string of the molecule is CC[C@@H](C)[C@@H](N)C(=O)N1CCCC1. The zero-order valence-electron chi connectivity index (χ0n) is 8.62. The van der Waals surface area contributed by atoms with Crippen molar-refractivity contribution in [3.8, 4) is 0 Å². The van der Waals surface area contributed by atoms with Crippen LogP contribution in [0.3, 0.4) is 0 Å². The highest BCUT2D eigenvalue weighted by Gasteiger charge is 2.26. The van der Waals surface area contributed by atoms with E-state index in [-0.39, 0.29) is 11.9 Å². The minimum Gasteiger partial charge on any atom is -0.341 e. The van der Waals surface area contributed by atoms with Gasteiger partial charge in [-0.1, -0.05) is 20.3 Å². The molecule has 0 aromatic heterocycles. The average molecular weight is 184 g/mol. The number of carbonyl (C=O) groups excluding carboxylic acids is 1. The van der Waals surface area contributed by atoms with Crippen LogP contribution in [0.25, 0.3) is 0 Å². The van der Waals surface area contributed by atoms with E-state index in [0.717, 1.165) is 32.4 Å². The number of rotatable bonds is 3. The van der Waals surface area contributed by atoms with Crippen LogP contribution in [0.1, 0.15) is 33.1 Å². The van der Waals surface area contributed by atoms with E-state index in [0.29, 0.717) is 5.92 Å². The van der Waals surface area contributed by atoms with Gasteiger partial charge < -0.3 is 10.6 Å². The maximum Gasteiger partial charge on any atom is 0.239 e. The number of nitrogens with zero attached hydrogens (tertiary/aromatic N) is 1. The highest BCUT2D eigenvalue weighted by Crippen LogP contribution is 2.13. The molecule has 0 unspecified atom stereocenters. The van der Waals surface area contributed by atoms with Gasteiger partial charge in [-0.2, -0.15) is 0 Å². The van der Waals surface area contributed by atoms with Crippen LogP contribution in [0.4, 0.5) is 0 Å². The molecule has 0 radical (unpaired) electrons. The molecule has 1 heterocycles. The first-order valence-electron chi connectivity index (χ1n) is 5.21. The summed E-state index contributed by atoms with van der Waals surface area (Å²) in [4.78, 5) is 13.6. The van der Waals surface area contributed by atoms with Gasteiger partial charge >= 0.3 is 0 Å². The summed E-state index contributed by atoms with van der Waals surface area (Å²) in [5.74, 6) is 0.444. The monoisotopic (exact) mass is 184 g/mol. The molecule has 0 bridgehead atoms. The second kappa shape index (κ2) is 4.61. The van der Waals surface area contributed by atoms with Crippen LogP contribution in [0.2, 0.25) is 0 Å². The zero-order chi connectivity index (χ0) is 9.84. The molecule has 1 amide bonds. The van der Waals surface area contributed by atoms with Crippen LogP contribution < -0.4 is 5.73 Å². The molecule has 0 saturated carbocycles. The number of likely N-dealkylation sites (tertiary alicyclic amines) is 1. The minimum atomic E-state index is -0.289. The van der Waals surface area contributed by atoms with Crippen LogP contribution in [0, 0.1) is 5.92 Å². The fourth-order valence-corrected chi connectivity index (χ4v) is 1.65. The summed E-state index contributed by atoms with van der Waals surface area (Å²) in [6, 6.07) is -0.289. The lowest BCUT2D eigenvalue weighted by atomic mass is 9.99. The number of nitrogens with two attached hydrogens (primary N) is 1. The molecule has 1 fully saturated rings. The quantitative estimate of drug-likeness (QED) is 0.710. The molecule has 1 rings (SSSR count). The summed E-state index contributed by atoms with van der Waals surface area (Å²) < 4.78 is 0. The van der Waals surface area contributed by atoms with E-state index in [1.165, 1.54) is 0 Å². The van der Waals surface area contributed by atoms with Crippen molar-refractivity contribution >= 4 is 5.91 Å². The number of amides is 1. The Morgan fingerprint density at radius 1 is 1.46 bits per heavy atom. The number of carbonyl (C=O) groups is 1. The van der Waals surface area contributed by atoms with Gasteiger partial charge in [-0.3, -0.25) is 4.79 Å². The van der Waals surface area contributed by atoms with Gasteiger partial charge in [0.25, 0.3) is 0 Å². The lowest BCUT2D eigenvalue weighted by molar-refractivity contribution is -0.132. The molecule has 76 valence electrons. The minimum absolute atomic E-state index is 0.145. The predicted molar refractivity (Wildman–Crippen MR) is 53.2 cm³/mol. The molecule has 1 aliphatic heterocycles. The van der Waals surface area contributed by atoms with Crippen LogP contribution in [0.5, 0.6) is 0 Å². The Morgan fingerprint density at radius 2 is 2.00 bits per heavy atom. The van der Waals surface area contributed by atoms with Crippen LogP contribution >= 0.6 is 0 Å². The van der Waals surface area contributed by atoms with E-state index in [4.69, 9.17) is 5.73 Å². The second-order valence-electron chi connectivity index (χ2n) is 3.94. The van der Waals surface area contributed by atoms with Gasteiger partial charge in [0.2, 0.25) is 5.91 Å². The normalized spacial score (nSPS) is 21.6. The van der Waals surface area contributed by atoms with Gasteiger partial charge in [0.05, 0.1) is 6.04 Å². The first-order valence-corrected chi connectivity index (χ1v) is 5.21. The van der Waals surface area contributed by atoms with Crippen LogP contribution in [-0.2, 0) is 4.79 Å². The van der Waals surface area contributed by atoms with Gasteiger partial charge in [-0.15, -0.1) is 0 Å². The third-order valence-corrected chi connectivity index (χ3v) is 2.96. The molecule has 0 spiro atoms. The molecule has 2 N–H and O–H groups in total. The number of hydrogen-bond donors (Lipinski definition) is 1. The third-order valence-electron chi connectivity index (χ3n) is 2.96. The van der Waals surface area contributed by atoms with Gasteiger partial charge in [0, 0.05) is 13.1 Å². The zero-order valence-corrected chi connectivity index (χ0v) is 8.62. The Morgan fingerprint density at radius 3 is 2.46 bits per heavy atom. The van der Waals surface area contributed by atoms with E-state index < -0.39 is 0 Å². The Kier molecular flexibility index (Phi) is 3.72. The Bertz CT molecular complexity index is 176. The summed E-state index contributed by atoms with van der Waals surface area (Å²) in [5.41, 5.74) is 5.86. The van der Waals surface area contributed by atoms with Crippen molar-refractivity contribution in [2.75, 3.05) is 13.1 Å². The standard InChI is InChI=1S/C10H20N2O/c1-3-8(2)9(11)10(13)12-6-4-5-7-12/h8-9H,3-7,11H2,1-2H3/t8-,9-/m1/s1. The summed E-state index contributed by atoms with van der Waals surface area (Å²) >= 11 is 0. The summed E-state index contributed by atoms with van der Waals surface area (Å²) in [6.45, 7) is 5.92. The topological polar surface area (TPSA) is 46.3 Å². The first-order chi connectivity index (χ1) is 6.16. The maximum absolute atomic E-state index is 11.7. The maximum atomic E-state index is 11.7. The van der Waals surface area contributed by atoms with Gasteiger partial charge in [0.1, 0.15) is 0 Å². The average Bonchev–Trinajstić information content (AvgIpc) is 2.67. The van der Waals surface area contributed by atoms with Crippen molar-refractivity contribution in [2.45, 2.75) is 39.2 Å². The molecule has 0 aliphatic carbocycles. The highest BCUT2D eigenvalue weighted by molar-refractivity contribution is 5.82. The molecule has 13 heavy (non-hydrogen) atoms. The molecule has 3 nitrogen and oxygen atoms in total. The predicted octanol–water partition coefficient (Wildman–Crippen LogP) is 0.982. The smallest absolute Gasteiger partial charge is 0.239 e. The summed E-state index contributed by atoms with van der Waals surface area (Å²) in [5, 5.41) is 0. The fraction of sp³-hybridized carbons (Fsp3) is 0.900. The van der Waals surface area contributed by atoms with Crippen LogP contribution in [0.15, 0.2) is 0 Å². The van der Waals surface area contributed by atoms with Crippen molar-refractivity contribution in [1.29, 1.82) is 0 Å². The Labute approximate surface area is 80.3 Å². The van der Waals surface area contributed by atoms with Gasteiger partial charge in [-0.25, -0.2) is 0 Å². The Balaban J connectivity index is 2.45. The second-order valence-corrected chi connectivity index (χ2v) is 3.94. The van der Waals surface area contributed by atoms with E-state index in [1.807, 2.05) is 11.8 Å². The Hall–Kier alpha value is -0.570. The fourth-order valence-electron chi connectivity index (χ4n) is 1.65. The van der Waals surface area contributed by atoms with Gasteiger partial charge in [0.15, 0.2) is 0 Å². The van der Waals surface area contributed by atoms with E-state index in [2.05, 4.69) is 6.92 Å².